The van der Waals surface area contributed by atoms with E-state index < -0.39 is 10.0 Å². The molecule has 0 unspecified atom stereocenters. The highest BCUT2D eigenvalue weighted by molar-refractivity contribution is 7.89. The Labute approximate surface area is 191 Å². The van der Waals surface area contributed by atoms with Crippen LogP contribution in [0.15, 0.2) is 59.5 Å². The number of carbonyl (C=O) groups excluding carboxylic acids is 1. The van der Waals surface area contributed by atoms with Crippen LogP contribution in [0.1, 0.15) is 48.0 Å². The lowest BCUT2D eigenvalue weighted by Gasteiger charge is -2.34. The molecular formula is C25H33N3O3S. The van der Waals surface area contributed by atoms with Crippen molar-refractivity contribution in [2.45, 2.75) is 43.5 Å². The largest absolute Gasteiger partial charge is 0.339 e. The summed E-state index contributed by atoms with van der Waals surface area (Å²) in [6.07, 6.45) is 5.55. The summed E-state index contributed by atoms with van der Waals surface area (Å²) in [5, 5.41) is 0. The van der Waals surface area contributed by atoms with Gasteiger partial charge >= 0.3 is 0 Å². The first-order valence-corrected chi connectivity index (χ1v) is 13.1. The van der Waals surface area contributed by atoms with Crippen LogP contribution in [0.3, 0.4) is 0 Å². The highest BCUT2D eigenvalue weighted by Crippen LogP contribution is 2.21. The van der Waals surface area contributed by atoms with Gasteiger partial charge in [0, 0.05) is 51.4 Å². The summed E-state index contributed by atoms with van der Waals surface area (Å²) in [5.74, 6) is -0.0587. The average molecular weight is 456 g/mol. The zero-order chi connectivity index (χ0) is 22.4. The first-order valence-electron chi connectivity index (χ1n) is 11.7. The van der Waals surface area contributed by atoms with Gasteiger partial charge in [0.05, 0.1) is 4.90 Å². The number of carbonyl (C=O) groups is 1. The summed E-state index contributed by atoms with van der Waals surface area (Å²) in [6.45, 7) is 4.63. The minimum absolute atomic E-state index is 0.0587. The Bertz CT molecular complexity index is 994. The van der Waals surface area contributed by atoms with Crippen LogP contribution in [0.2, 0.25) is 0 Å². The van der Waals surface area contributed by atoms with Gasteiger partial charge < -0.3 is 4.90 Å². The summed E-state index contributed by atoms with van der Waals surface area (Å²) in [6, 6.07) is 16.8. The monoisotopic (exact) mass is 455 g/mol. The van der Waals surface area contributed by atoms with Crippen molar-refractivity contribution >= 4 is 15.9 Å². The molecule has 0 bridgehead atoms. The smallest absolute Gasteiger partial charge is 0.253 e. The third-order valence-corrected chi connectivity index (χ3v) is 8.34. The SMILES string of the molecule is O=C(c1cccc(S(=O)(=O)N2CCN(Cc3ccccc3)CC2)c1)N1CCCCCCC1. The van der Waals surface area contributed by atoms with E-state index in [9.17, 15) is 13.2 Å². The van der Waals surface area contributed by atoms with E-state index >= 15 is 0 Å². The number of nitrogens with zero attached hydrogens (tertiary/aromatic N) is 3. The van der Waals surface area contributed by atoms with Crippen molar-refractivity contribution in [1.29, 1.82) is 0 Å². The van der Waals surface area contributed by atoms with Gasteiger partial charge in [0.15, 0.2) is 0 Å². The topological polar surface area (TPSA) is 60.9 Å². The molecule has 2 fully saturated rings. The third kappa shape index (κ3) is 5.57. The molecule has 0 radical (unpaired) electrons. The van der Waals surface area contributed by atoms with Gasteiger partial charge in [-0.1, -0.05) is 55.7 Å². The number of sulfonamides is 1. The van der Waals surface area contributed by atoms with Crippen molar-refractivity contribution in [2.75, 3.05) is 39.3 Å². The fraction of sp³-hybridized carbons (Fsp3) is 0.480. The number of piperazine rings is 1. The molecule has 0 aromatic heterocycles. The predicted molar refractivity (Wildman–Crippen MR) is 126 cm³/mol. The summed E-state index contributed by atoms with van der Waals surface area (Å²) < 4.78 is 28.1. The highest BCUT2D eigenvalue weighted by Gasteiger charge is 2.29. The van der Waals surface area contributed by atoms with Crippen LogP contribution < -0.4 is 0 Å². The molecule has 0 saturated carbocycles. The minimum Gasteiger partial charge on any atom is -0.339 e. The van der Waals surface area contributed by atoms with Crippen molar-refractivity contribution in [2.24, 2.45) is 0 Å². The second-order valence-electron chi connectivity index (χ2n) is 8.75. The van der Waals surface area contributed by atoms with Gasteiger partial charge in [-0.3, -0.25) is 9.69 Å². The Morgan fingerprint density at radius 1 is 0.750 bits per heavy atom. The lowest BCUT2D eigenvalue weighted by molar-refractivity contribution is 0.0742. The lowest BCUT2D eigenvalue weighted by Crippen LogP contribution is -2.48. The second kappa shape index (κ2) is 10.6. The molecule has 1 amide bonds. The zero-order valence-electron chi connectivity index (χ0n) is 18.7. The number of benzene rings is 2. The van der Waals surface area contributed by atoms with Crippen molar-refractivity contribution in [3.63, 3.8) is 0 Å². The second-order valence-corrected chi connectivity index (χ2v) is 10.7. The molecule has 2 aromatic rings. The Kier molecular flexibility index (Phi) is 7.60. The number of rotatable bonds is 5. The molecule has 2 aliphatic rings. The Hall–Kier alpha value is -2.22. The fourth-order valence-electron chi connectivity index (χ4n) is 4.54. The van der Waals surface area contributed by atoms with Crippen LogP contribution in [0.25, 0.3) is 0 Å². The Morgan fingerprint density at radius 2 is 1.41 bits per heavy atom. The summed E-state index contributed by atoms with van der Waals surface area (Å²) in [4.78, 5) is 17.4. The van der Waals surface area contributed by atoms with E-state index in [1.165, 1.54) is 12.0 Å². The van der Waals surface area contributed by atoms with E-state index in [1.54, 1.807) is 28.6 Å². The van der Waals surface area contributed by atoms with Crippen LogP contribution in [-0.2, 0) is 16.6 Å². The van der Waals surface area contributed by atoms with Gasteiger partial charge in [-0.25, -0.2) is 8.42 Å². The molecule has 6 nitrogen and oxygen atoms in total. The third-order valence-electron chi connectivity index (χ3n) is 6.44. The maximum Gasteiger partial charge on any atom is 0.253 e. The van der Waals surface area contributed by atoms with Crippen molar-refractivity contribution in [1.82, 2.24) is 14.1 Å². The van der Waals surface area contributed by atoms with Gasteiger partial charge in [0.2, 0.25) is 10.0 Å². The standard InChI is InChI=1S/C25H33N3O3S/c29-25(27-14-7-2-1-3-8-15-27)23-12-9-13-24(20-23)32(30,31)28-18-16-26(17-19-28)21-22-10-5-4-6-11-22/h4-6,9-13,20H,1-3,7-8,14-19,21H2. The molecule has 0 N–H and O–H groups in total. The van der Waals surface area contributed by atoms with Crippen LogP contribution in [-0.4, -0.2) is 67.7 Å². The quantitative estimate of drug-likeness (QED) is 0.691. The number of hydrogen-bond donors (Lipinski definition) is 0. The predicted octanol–water partition coefficient (Wildman–Crippen LogP) is 3.60. The van der Waals surface area contributed by atoms with E-state index in [0.717, 1.165) is 45.3 Å². The first-order chi connectivity index (χ1) is 15.5. The highest BCUT2D eigenvalue weighted by atomic mass is 32.2. The fourth-order valence-corrected chi connectivity index (χ4v) is 6.01. The van der Waals surface area contributed by atoms with Crippen molar-refractivity contribution < 1.29 is 13.2 Å². The van der Waals surface area contributed by atoms with Gasteiger partial charge in [0.1, 0.15) is 0 Å². The molecule has 4 rings (SSSR count). The molecule has 2 aromatic carbocycles. The van der Waals surface area contributed by atoms with Gasteiger partial charge in [-0.15, -0.1) is 0 Å². The van der Waals surface area contributed by atoms with E-state index in [4.69, 9.17) is 0 Å². The molecule has 7 heteroatoms. The lowest BCUT2D eigenvalue weighted by atomic mass is 10.1. The molecule has 0 atom stereocenters. The number of likely N-dealkylation sites (tertiary alicyclic amines) is 1. The van der Waals surface area contributed by atoms with Crippen molar-refractivity contribution in [3.8, 4) is 0 Å². The number of amides is 1. The molecule has 32 heavy (non-hydrogen) atoms. The van der Waals surface area contributed by atoms with Crippen molar-refractivity contribution in [3.05, 3.63) is 65.7 Å². The van der Waals surface area contributed by atoms with Gasteiger partial charge in [-0.2, -0.15) is 4.31 Å². The van der Waals surface area contributed by atoms with Crippen LogP contribution in [0.5, 0.6) is 0 Å². The van der Waals surface area contributed by atoms with Gasteiger partial charge in [-0.05, 0) is 36.6 Å². The van der Waals surface area contributed by atoms with E-state index in [0.29, 0.717) is 31.7 Å². The molecular weight excluding hydrogens is 422 g/mol. The maximum absolute atomic E-state index is 13.3. The van der Waals surface area contributed by atoms with E-state index in [-0.39, 0.29) is 10.8 Å². The molecule has 2 aliphatic heterocycles. The first kappa shape index (κ1) is 23.0. The zero-order valence-corrected chi connectivity index (χ0v) is 19.5. The molecule has 0 aliphatic carbocycles. The minimum atomic E-state index is -3.62. The summed E-state index contributed by atoms with van der Waals surface area (Å²) >= 11 is 0. The Morgan fingerprint density at radius 3 is 2.09 bits per heavy atom. The normalized spacial score (nSPS) is 19.3. The van der Waals surface area contributed by atoms with E-state index in [1.807, 2.05) is 23.1 Å². The molecule has 172 valence electrons. The maximum atomic E-state index is 13.3. The Balaban J connectivity index is 1.41. The summed E-state index contributed by atoms with van der Waals surface area (Å²) in [7, 11) is -3.62. The van der Waals surface area contributed by atoms with Gasteiger partial charge in [0.25, 0.3) is 5.91 Å². The molecule has 0 spiro atoms. The number of hydrogen-bond acceptors (Lipinski definition) is 4. The average Bonchev–Trinajstić information content (AvgIpc) is 2.80. The van der Waals surface area contributed by atoms with E-state index in [2.05, 4.69) is 17.0 Å². The van der Waals surface area contributed by atoms with Crippen LogP contribution in [0.4, 0.5) is 0 Å². The molecule has 2 heterocycles. The summed E-state index contributed by atoms with van der Waals surface area (Å²) in [5.41, 5.74) is 1.70. The van der Waals surface area contributed by atoms with Crippen LogP contribution in [0, 0.1) is 0 Å². The molecule has 2 saturated heterocycles. The van der Waals surface area contributed by atoms with Crippen LogP contribution >= 0.6 is 0 Å².